The molecule has 0 spiro atoms. The molecule has 106 valence electrons. The number of hydrogen-bond acceptors (Lipinski definition) is 3. The van der Waals surface area contributed by atoms with Gasteiger partial charge in [0.2, 0.25) is 10.0 Å². The van der Waals surface area contributed by atoms with Gasteiger partial charge in [0.25, 0.3) is 0 Å². The minimum absolute atomic E-state index is 0.192. The molecule has 1 saturated heterocycles. The van der Waals surface area contributed by atoms with Gasteiger partial charge in [0.15, 0.2) is 0 Å². The lowest BCUT2D eigenvalue weighted by atomic mass is 10.0. The molecule has 0 aromatic heterocycles. The molecule has 2 rings (SSSR count). The molecular formula is C12H16Br2N2O2S. The summed E-state index contributed by atoms with van der Waals surface area (Å²) in [6.07, 6.45) is 1.84. The summed E-state index contributed by atoms with van der Waals surface area (Å²) in [5.74, 6) is 0.435. The number of halogens is 2. The van der Waals surface area contributed by atoms with Crippen molar-refractivity contribution in [3.8, 4) is 0 Å². The first kappa shape index (κ1) is 15.3. The Balaban J connectivity index is 2.03. The minimum atomic E-state index is -3.29. The number of benzene rings is 1. The van der Waals surface area contributed by atoms with Crippen molar-refractivity contribution >= 4 is 47.6 Å². The molecule has 1 aliphatic heterocycles. The summed E-state index contributed by atoms with van der Waals surface area (Å²) >= 11 is 6.70. The number of sulfonamides is 1. The lowest BCUT2D eigenvalue weighted by molar-refractivity contribution is 0.402. The van der Waals surface area contributed by atoms with E-state index in [0.717, 1.165) is 34.9 Å². The number of rotatable bonds is 4. The second kappa shape index (κ2) is 6.56. The van der Waals surface area contributed by atoms with Gasteiger partial charge in [0.05, 0.1) is 11.4 Å². The van der Waals surface area contributed by atoms with Crippen molar-refractivity contribution in [1.29, 1.82) is 0 Å². The van der Waals surface area contributed by atoms with E-state index >= 15 is 0 Å². The van der Waals surface area contributed by atoms with Crippen molar-refractivity contribution in [2.24, 2.45) is 5.92 Å². The minimum Gasteiger partial charge on any atom is -0.317 e. The van der Waals surface area contributed by atoms with Crippen LogP contribution in [0.25, 0.3) is 0 Å². The van der Waals surface area contributed by atoms with E-state index < -0.39 is 10.0 Å². The molecule has 0 saturated carbocycles. The second-order valence-corrected chi connectivity index (χ2v) is 8.24. The predicted octanol–water partition coefficient (Wildman–Crippen LogP) is 2.95. The van der Waals surface area contributed by atoms with Crippen LogP contribution in [0.5, 0.6) is 0 Å². The highest BCUT2D eigenvalue weighted by Gasteiger charge is 2.21. The Kier molecular flexibility index (Phi) is 5.28. The fraction of sp³-hybridized carbons (Fsp3) is 0.500. The van der Waals surface area contributed by atoms with Crippen molar-refractivity contribution in [3.63, 3.8) is 0 Å². The summed E-state index contributed by atoms with van der Waals surface area (Å²) in [7, 11) is -3.29. The first-order valence-electron chi connectivity index (χ1n) is 6.12. The van der Waals surface area contributed by atoms with Crippen molar-refractivity contribution in [2.75, 3.05) is 23.6 Å². The summed E-state index contributed by atoms with van der Waals surface area (Å²) in [4.78, 5) is 0. The van der Waals surface area contributed by atoms with Crippen LogP contribution in [-0.4, -0.2) is 27.3 Å². The zero-order valence-electron chi connectivity index (χ0n) is 10.3. The molecular weight excluding hydrogens is 396 g/mol. The standard InChI is InChI=1S/C12H16Br2N2O2S/c13-10-1-2-12(11(14)7-10)16-19(17,18)8-9-3-5-15-6-4-9/h1-2,7,9,15-16H,3-6,8H2. The van der Waals surface area contributed by atoms with E-state index in [1.54, 1.807) is 6.07 Å². The fourth-order valence-electron chi connectivity index (χ4n) is 2.14. The Bertz CT molecular complexity index is 543. The first-order valence-corrected chi connectivity index (χ1v) is 9.36. The maximum Gasteiger partial charge on any atom is 0.233 e. The number of piperidine rings is 1. The van der Waals surface area contributed by atoms with Crippen molar-refractivity contribution in [2.45, 2.75) is 12.8 Å². The average molecular weight is 412 g/mol. The summed E-state index contributed by atoms with van der Waals surface area (Å²) < 4.78 is 28.6. The molecule has 0 aliphatic carbocycles. The zero-order chi connectivity index (χ0) is 13.9. The number of hydrogen-bond donors (Lipinski definition) is 2. The molecule has 4 nitrogen and oxygen atoms in total. The highest BCUT2D eigenvalue weighted by Crippen LogP contribution is 2.27. The van der Waals surface area contributed by atoms with Gasteiger partial charge in [-0.1, -0.05) is 15.9 Å². The molecule has 1 fully saturated rings. The maximum atomic E-state index is 12.1. The number of nitrogens with one attached hydrogen (secondary N) is 2. The van der Waals surface area contributed by atoms with Crippen LogP contribution in [0.1, 0.15) is 12.8 Å². The van der Waals surface area contributed by atoms with Crippen molar-refractivity contribution in [3.05, 3.63) is 27.1 Å². The monoisotopic (exact) mass is 410 g/mol. The lowest BCUT2D eigenvalue weighted by Gasteiger charge is -2.22. The van der Waals surface area contributed by atoms with Gasteiger partial charge >= 0.3 is 0 Å². The van der Waals surface area contributed by atoms with Gasteiger partial charge < -0.3 is 5.32 Å². The van der Waals surface area contributed by atoms with Gasteiger partial charge in [-0.3, -0.25) is 4.72 Å². The molecule has 1 aromatic rings. The topological polar surface area (TPSA) is 58.2 Å². The maximum absolute atomic E-state index is 12.1. The van der Waals surface area contributed by atoms with E-state index in [1.807, 2.05) is 12.1 Å². The van der Waals surface area contributed by atoms with Crippen LogP contribution in [0.3, 0.4) is 0 Å². The quantitative estimate of drug-likeness (QED) is 0.800. The van der Waals surface area contributed by atoms with Gasteiger partial charge in [-0.2, -0.15) is 0 Å². The molecule has 19 heavy (non-hydrogen) atoms. The number of anilines is 1. The summed E-state index contributed by atoms with van der Waals surface area (Å²) in [5, 5.41) is 3.24. The highest BCUT2D eigenvalue weighted by atomic mass is 79.9. The van der Waals surface area contributed by atoms with Gasteiger partial charge in [-0.15, -0.1) is 0 Å². The molecule has 2 N–H and O–H groups in total. The Morgan fingerprint density at radius 1 is 1.26 bits per heavy atom. The molecule has 1 aliphatic rings. The van der Waals surface area contributed by atoms with Crippen LogP contribution < -0.4 is 10.0 Å². The van der Waals surface area contributed by atoms with Gasteiger partial charge in [-0.05, 0) is 66.0 Å². The van der Waals surface area contributed by atoms with E-state index in [-0.39, 0.29) is 11.7 Å². The van der Waals surface area contributed by atoms with Crippen molar-refractivity contribution < 1.29 is 8.42 Å². The molecule has 1 aromatic carbocycles. The van der Waals surface area contributed by atoms with Gasteiger partial charge in [0.1, 0.15) is 0 Å². The molecule has 7 heteroatoms. The van der Waals surface area contributed by atoms with Crippen molar-refractivity contribution in [1.82, 2.24) is 5.32 Å². The predicted molar refractivity (Wildman–Crippen MR) is 84.8 cm³/mol. The summed E-state index contributed by atoms with van der Waals surface area (Å²) in [6, 6.07) is 5.38. The van der Waals surface area contributed by atoms with E-state index in [9.17, 15) is 8.42 Å². The van der Waals surface area contributed by atoms with Crippen LogP contribution in [0.4, 0.5) is 5.69 Å². The van der Waals surface area contributed by atoms with Crippen LogP contribution in [0.2, 0.25) is 0 Å². The molecule has 0 amide bonds. The third-order valence-electron chi connectivity index (χ3n) is 3.11. The third kappa shape index (κ3) is 4.73. The second-order valence-electron chi connectivity index (χ2n) is 4.70. The largest absolute Gasteiger partial charge is 0.317 e. The Morgan fingerprint density at radius 2 is 1.95 bits per heavy atom. The lowest BCUT2D eigenvalue weighted by Crippen LogP contribution is -2.33. The fourth-order valence-corrected chi connectivity index (χ4v) is 4.97. The zero-order valence-corrected chi connectivity index (χ0v) is 14.3. The van der Waals surface area contributed by atoms with Crippen LogP contribution >= 0.6 is 31.9 Å². The molecule has 0 radical (unpaired) electrons. The van der Waals surface area contributed by atoms with E-state index in [0.29, 0.717) is 5.69 Å². The molecule has 0 bridgehead atoms. The normalized spacial score (nSPS) is 17.4. The Hall–Kier alpha value is -0.110. The van der Waals surface area contributed by atoms with E-state index in [4.69, 9.17) is 0 Å². The Morgan fingerprint density at radius 3 is 2.58 bits per heavy atom. The molecule has 0 unspecified atom stereocenters. The summed E-state index contributed by atoms with van der Waals surface area (Å²) in [6.45, 7) is 1.81. The highest BCUT2D eigenvalue weighted by molar-refractivity contribution is 9.11. The van der Waals surface area contributed by atoms with Crippen LogP contribution in [0.15, 0.2) is 27.1 Å². The van der Waals surface area contributed by atoms with E-state index in [1.165, 1.54) is 0 Å². The van der Waals surface area contributed by atoms with Gasteiger partial charge in [0, 0.05) is 8.95 Å². The van der Waals surface area contributed by atoms with E-state index in [2.05, 4.69) is 41.9 Å². The Labute approximate surface area is 130 Å². The molecule has 1 heterocycles. The SMILES string of the molecule is O=S(=O)(CC1CCNCC1)Nc1ccc(Br)cc1Br. The van der Waals surface area contributed by atoms with Gasteiger partial charge in [-0.25, -0.2) is 8.42 Å². The average Bonchev–Trinajstić information content (AvgIpc) is 2.33. The summed E-state index contributed by atoms with van der Waals surface area (Å²) in [5.41, 5.74) is 0.581. The van der Waals surface area contributed by atoms with Crippen LogP contribution in [0, 0.1) is 5.92 Å². The smallest absolute Gasteiger partial charge is 0.233 e. The third-order valence-corrected chi connectivity index (χ3v) is 5.70. The van der Waals surface area contributed by atoms with Crippen LogP contribution in [-0.2, 0) is 10.0 Å². The first-order chi connectivity index (χ1) is 8.96. The molecule has 0 atom stereocenters.